The number of benzene rings is 1. The van der Waals surface area contributed by atoms with Crippen molar-refractivity contribution in [3.05, 3.63) is 58.7 Å². The molecule has 1 aliphatic rings. The lowest BCUT2D eigenvalue weighted by atomic mass is 9.82. The molecule has 0 unspecified atom stereocenters. The molecule has 0 bridgehead atoms. The van der Waals surface area contributed by atoms with Gasteiger partial charge < -0.3 is 0 Å². The van der Waals surface area contributed by atoms with Crippen molar-refractivity contribution in [2.24, 2.45) is 0 Å². The third kappa shape index (κ3) is 2.77. The fraction of sp³-hybridized carbons (Fsp3) is 0.294. The largest absolute Gasteiger partial charge is 0.453 e. The Morgan fingerprint density at radius 3 is 2.72 bits per heavy atom. The molecule has 2 heterocycles. The molecule has 0 fully saturated rings. The Morgan fingerprint density at radius 2 is 2.00 bits per heavy atom. The molecule has 4 rings (SSSR count). The monoisotopic (exact) mass is 346 g/mol. The number of rotatable bonds is 1. The first kappa shape index (κ1) is 15.7. The van der Waals surface area contributed by atoms with E-state index in [0.717, 1.165) is 15.6 Å². The van der Waals surface area contributed by atoms with E-state index in [9.17, 15) is 18.0 Å². The van der Waals surface area contributed by atoms with Crippen LogP contribution in [0.3, 0.4) is 0 Å². The fourth-order valence-corrected chi connectivity index (χ4v) is 3.16. The summed E-state index contributed by atoms with van der Waals surface area (Å²) >= 11 is 0. The molecule has 25 heavy (non-hydrogen) atoms. The van der Waals surface area contributed by atoms with Crippen LogP contribution in [-0.2, 0) is 12.6 Å². The van der Waals surface area contributed by atoms with Gasteiger partial charge in [0, 0.05) is 12.6 Å². The normalized spacial score (nSPS) is 17.8. The highest BCUT2D eigenvalue weighted by Crippen LogP contribution is 2.33. The second kappa shape index (κ2) is 5.37. The van der Waals surface area contributed by atoms with Crippen LogP contribution in [0, 0.1) is 6.92 Å². The molecule has 0 amide bonds. The van der Waals surface area contributed by atoms with Crippen molar-refractivity contribution in [1.82, 2.24) is 19.6 Å². The number of fused-ring (bicyclic) bond motifs is 2. The Hall–Kier alpha value is -2.77. The lowest BCUT2D eigenvalue weighted by molar-refractivity contribution is -0.144. The van der Waals surface area contributed by atoms with Crippen LogP contribution in [0.1, 0.15) is 45.3 Å². The molecule has 3 aromatic rings. The van der Waals surface area contributed by atoms with Crippen molar-refractivity contribution in [3.8, 4) is 0 Å². The number of nitrogens with zero attached hydrogens (tertiary/aromatic N) is 4. The van der Waals surface area contributed by atoms with Crippen LogP contribution < -0.4 is 0 Å². The van der Waals surface area contributed by atoms with E-state index in [4.69, 9.17) is 0 Å². The first-order valence-electron chi connectivity index (χ1n) is 7.74. The van der Waals surface area contributed by atoms with Crippen molar-refractivity contribution in [2.75, 3.05) is 0 Å². The van der Waals surface area contributed by atoms with Gasteiger partial charge in [0.05, 0.1) is 11.3 Å². The Kier molecular flexibility index (Phi) is 3.38. The Bertz CT molecular complexity index is 993. The zero-order chi connectivity index (χ0) is 17.8. The van der Waals surface area contributed by atoms with Gasteiger partial charge in [-0.05, 0) is 24.8 Å². The average Bonchev–Trinajstić information content (AvgIpc) is 2.96. The summed E-state index contributed by atoms with van der Waals surface area (Å²) in [6, 6.07) is 7.86. The minimum absolute atomic E-state index is 0.0418. The molecule has 0 N–H and O–H groups in total. The Morgan fingerprint density at radius 1 is 1.20 bits per heavy atom. The maximum absolute atomic E-state index is 12.8. The van der Waals surface area contributed by atoms with Crippen molar-refractivity contribution < 1.29 is 18.0 Å². The van der Waals surface area contributed by atoms with E-state index in [-0.39, 0.29) is 17.5 Å². The third-order valence-electron chi connectivity index (χ3n) is 4.35. The van der Waals surface area contributed by atoms with Gasteiger partial charge in [-0.25, -0.2) is 9.50 Å². The number of aryl methyl sites for hydroxylation is 1. The summed E-state index contributed by atoms with van der Waals surface area (Å²) in [7, 11) is 0. The van der Waals surface area contributed by atoms with Crippen molar-refractivity contribution in [3.63, 3.8) is 0 Å². The Labute approximate surface area is 140 Å². The number of halogens is 3. The Balaban J connectivity index is 1.77. The summed E-state index contributed by atoms with van der Waals surface area (Å²) in [6.07, 6.45) is -2.57. The second-order valence-corrected chi connectivity index (χ2v) is 6.22. The first-order valence-corrected chi connectivity index (χ1v) is 7.74. The SMILES string of the molecule is Cc1cccc([C@H]2CC(=O)c3cn4nc(C(F)(F)F)nc4nc3C2)c1. The van der Waals surface area contributed by atoms with Crippen LogP contribution in [0.15, 0.2) is 30.5 Å². The highest BCUT2D eigenvalue weighted by atomic mass is 19.4. The summed E-state index contributed by atoms with van der Waals surface area (Å²) in [5, 5.41) is 3.38. The number of alkyl halides is 3. The summed E-state index contributed by atoms with van der Waals surface area (Å²) in [4.78, 5) is 20.1. The molecule has 128 valence electrons. The van der Waals surface area contributed by atoms with Gasteiger partial charge in [-0.3, -0.25) is 4.79 Å². The van der Waals surface area contributed by atoms with Gasteiger partial charge in [0.1, 0.15) is 0 Å². The predicted octanol–water partition coefficient (Wildman–Crippen LogP) is 3.36. The molecule has 1 atom stereocenters. The molecule has 2 aromatic heterocycles. The van der Waals surface area contributed by atoms with E-state index in [0.29, 0.717) is 24.1 Å². The maximum Gasteiger partial charge on any atom is 0.453 e. The van der Waals surface area contributed by atoms with Crippen molar-refractivity contribution >= 4 is 11.6 Å². The van der Waals surface area contributed by atoms with Crippen LogP contribution in [0.2, 0.25) is 0 Å². The zero-order valence-electron chi connectivity index (χ0n) is 13.2. The highest BCUT2D eigenvalue weighted by Gasteiger charge is 2.37. The van der Waals surface area contributed by atoms with E-state index in [1.807, 2.05) is 31.2 Å². The van der Waals surface area contributed by atoms with Gasteiger partial charge in [0.2, 0.25) is 0 Å². The molecule has 1 aliphatic carbocycles. The van der Waals surface area contributed by atoms with Gasteiger partial charge in [-0.2, -0.15) is 18.2 Å². The number of aromatic nitrogens is 4. The van der Waals surface area contributed by atoms with Gasteiger partial charge in [-0.1, -0.05) is 29.8 Å². The third-order valence-corrected chi connectivity index (χ3v) is 4.35. The van der Waals surface area contributed by atoms with Gasteiger partial charge in [-0.15, -0.1) is 5.10 Å². The molecule has 0 saturated heterocycles. The first-order chi connectivity index (χ1) is 11.8. The molecular formula is C17H13F3N4O. The van der Waals surface area contributed by atoms with Gasteiger partial charge >= 0.3 is 6.18 Å². The lowest BCUT2D eigenvalue weighted by Crippen LogP contribution is -2.21. The minimum Gasteiger partial charge on any atom is -0.294 e. The maximum atomic E-state index is 12.8. The zero-order valence-corrected chi connectivity index (χ0v) is 13.2. The lowest BCUT2D eigenvalue weighted by Gasteiger charge is -2.23. The van der Waals surface area contributed by atoms with Crippen LogP contribution in [0.25, 0.3) is 5.78 Å². The van der Waals surface area contributed by atoms with E-state index < -0.39 is 12.0 Å². The summed E-state index contributed by atoms with van der Waals surface area (Å²) < 4.78 is 39.2. The number of Topliss-reactive ketones (excluding diaryl/α,β-unsaturated/α-hetero) is 1. The second-order valence-electron chi connectivity index (χ2n) is 6.22. The summed E-state index contributed by atoms with van der Waals surface area (Å²) in [6.45, 7) is 1.97. The molecule has 0 spiro atoms. The number of carbonyl (C=O) groups excluding carboxylic acids is 1. The van der Waals surface area contributed by atoms with E-state index in [1.54, 1.807) is 0 Å². The number of hydrogen-bond donors (Lipinski definition) is 0. The summed E-state index contributed by atoms with van der Waals surface area (Å²) in [5.74, 6) is -1.60. The van der Waals surface area contributed by atoms with Gasteiger partial charge in [0.25, 0.3) is 11.6 Å². The molecule has 8 heteroatoms. The number of carbonyl (C=O) groups is 1. The molecule has 0 radical (unpaired) electrons. The molecule has 1 aromatic carbocycles. The molecule has 0 aliphatic heterocycles. The van der Waals surface area contributed by atoms with Gasteiger partial charge in [0.15, 0.2) is 5.78 Å². The van der Waals surface area contributed by atoms with E-state index >= 15 is 0 Å². The highest BCUT2D eigenvalue weighted by molar-refractivity contribution is 5.98. The van der Waals surface area contributed by atoms with Crippen molar-refractivity contribution in [1.29, 1.82) is 0 Å². The van der Waals surface area contributed by atoms with Crippen LogP contribution in [-0.4, -0.2) is 25.4 Å². The van der Waals surface area contributed by atoms with Crippen LogP contribution >= 0.6 is 0 Å². The average molecular weight is 346 g/mol. The molecule has 5 nitrogen and oxygen atoms in total. The summed E-state index contributed by atoms with van der Waals surface area (Å²) in [5.41, 5.74) is 2.90. The minimum atomic E-state index is -4.65. The van der Waals surface area contributed by atoms with Crippen LogP contribution in [0.4, 0.5) is 13.2 Å². The van der Waals surface area contributed by atoms with Crippen molar-refractivity contribution in [2.45, 2.75) is 31.9 Å². The molecule has 0 saturated carbocycles. The smallest absolute Gasteiger partial charge is 0.294 e. The van der Waals surface area contributed by atoms with E-state index in [2.05, 4.69) is 15.1 Å². The standard InChI is InChI=1S/C17H13F3N4O/c1-9-3-2-4-10(5-9)11-6-13-12(14(25)7-11)8-24-16(21-13)22-15(23-24)17(18,19)20/h2-5,8,11H,6-7H2,1H3/t11-/m1/s1. The quantitative estimate of drug-likeness (QED) is 0.678. The number of hydrogen-bond acceptors (Lipinski definition) is 4. The van der Waals surface area contributed by atoms with E-state index in [1.165, 1.54) is 6.20 Å². The van der Waals surface area contributed by atoms with Crippen LogP contribution in [0.5, 0.6) is 0 Å². The molecular weight excluding hydrogens is 333 g/mol. The fourth-order valence-electron chi connectivity index (χ4n) is 3.16. The predicted molar refractivity (Wildman–Crippen MR) is 82.4 cm³/mol. The topological polar surface area (TPSA) is 60.2 Å². The number of ketones is 1.